The van der Waals surface area contributed by atoms with Gasteiger partial charge in [0.1, 0.15) is 5.52 Å². The van der Waals surface area contributed by atoms with Gasteiger partial charge < -0.3 is 10.2 Å². The number of fused-ring (bicyclic) bond motifs is 2. The summed E-state index contributed by atoms with van der Waals surface area (Å²) in [6.07, 6.45) is 0.680. The molecule has 3 nitrogen and oxygen atoms in total. The van der Waals surface area contributed by atoms with Crippen LogP contribution in [0.1, 0.15) is 11.5 Å². The molecule has 0 fully saturated rings. The zero-order valence-corrected chi connectivity index (χ0v) is 11.4. The minimum atomic E-state index is 0.680. The van der Waals surface area contributed by atoms with Crippen LogP contribution >= 0.6 is 0 Å². The van der Waals surface area contributed by atoms with Crippen molar-refractivity contribution in [3.05, 3.63) is 72.1 Å². The summed E-state index contributed by atoms with van der Waals surface area (Å²) in [5.41, 5.74) is 9.23. The molecule has 0 saturated heterocycles. The van der Waals surface area contributed by atoms with Gasteiger partial charge in [0, 0.05) is 18.2 Å². The molecule has 0 unspecified atom stereocenters. The van der Waals surface area contributed by atoms with Crippen LogP contribution in [0.3, 0.4) is 0 Å². The van der Waals surface area contributed by atoms with E-state index >= 15 is 0 Å². The molecule has 3 aromatic carbocycles. The van der Waals surface area contributed by atoms with Gasteiger partial charge in [-0.05, 0) is 28.5 Å². The highest BCUT2D eigenvalue weighted by molar-refractivity contribution is 5.83. The van der Waals surface area contributed by atoms with Crippen LogP contribution in [-0.4, -0.2) is 4.98 Å². The predicted octanol–water partition coefficient (Wildman–Crippen LogP) is 4.15. The SMILES string of the molecule is Nc1ccc2nc(Cc3ccc4ccccc4c3)oc2c1. The first-order valence-corrected chi connectivity index (χ1v) is 6.90. The quantitative estimate of drug-likeness (QED) is 0.558. The van der Waals surface area contributed by atoms with E-state index in [9.17, 15) is 0 Å². The van der Waals surface area contributed by atoms with Crippen LogP contribution in [0.5, 0.6) is 0 Å². The Bertz CT molecular complexity index is 940. The number of rotatable bonds is 2. The second-order valence-electron chi connectivity index (χ2n) is 5.19. The molecule has 4 aromatic rings. The average molecular weight is 274 g/mol. The van der Waals surface area contributed by atoms with Gasteiger partial charge in [-0.1, -0.05) is 42.5 Å². The molecule has 0 bridgehead atoms. The summed E-state index contributed by atoms with van der Waals surface area (Å²) in [4.78, 5) is 4.51. The van der Waals surface area contributed by atoms with E-state index in [4.69, 9.17) is 10.2 Å². The van der Waals surface area contributed by atoms with E-state index in [-0.39, 0.29) is 0 Å². The number of nitrogen functional groups attached to an aromatic ring is 1. The summed E-state index contributed by atoms with van der Waals surface area (Å²) in [7, 11) is 0. The maximum absolute atomic E-state index is 5.77. The summed E-state index contributed by atoms with van der Waals surface area (Å²) in [6, 6.07) is 20.3. The third-order valence-electron chi connectivity index (χ3n) is 3.63. The lowest BCUT2D eigenvalue weighted by Gasteiger charge is -2.01. The lowest BCUT2D eigenvalue weighted by atomic mass is 10.1. The molecule has 0 atom stereocenters. The minimum absolute atomic E-state index is 0.680. The minimum Gasteiger partial charge on any atom is -0.440 e. The molecule has 0 amide bonds. The van der Waals surface area contributed by atoms with E-state index in [1.165, 1.54) is 16.3 Å². The highest BCUT2D eigenvalue weighted by Gasteiger charge is 2.07. The van der Waals surface area contributed by atoms with E-state index < -0.39 is 0 Å². The van der Waals surface area contributed by atoms with E-state index in [1.807, 2.05) is 30.3 Å². The monoisotopic (exact) mass is 274 g/mol. The fourth-order valence-electron chi connectivity index (χ4n) is 2.59. The molecule has 4 rings (SSSR count). The lowest BCUT2D eigenvalue weighted by Crippen LogP contribution is -1.88. The summed E-state index contributed by atoms with van der Waals surface area (Å²) >= 11 is 0. The Morgan fingerprint density at radius 2 is 1.76 bits per heavy atom. The smallest absolute Gasteiger partial charge is 0.199 e. The summed E-state index contributed by atoms with van der Waals surface area (Å²) in [5.74, 6) is 0.714. The molecular weight excluding hydrogens is 260 g/mol. The summed E-state index contributed by atoms with van der Waals surface area (Å²) in [5, 5.41) is 2.47. The third-order valence-corrected chi connectivity index (χ3v) is 3.63. The van der Waals surface area contributed by atoms with Crippen LogP contribution in [0.15, 0.2) is 65.1 Å². The first-order valence-electron chi connectivity index (χ1n) is 6.90. The van der Waals surface area contributed by atoms with E-state index in [2.05, 4.69) is 35.3 Å². The Hall–Kier alpha value is -2.81. The first-order chi connectivity index (χ1) is 10.3. The van der Waals surface area contributed by atoms with Gasteiger partial charge >= 0.3 is 0 Å². The first kappa shape index (κ1) is 12.0. The second-order valence-corrected chi connectivity index (χ2v) is 5.19. The van der Waals surface area contributed by atoms with E-state index in [1.54, 1.807) is 0 Å². The standard InChI is InChI=1S/C18H14N2O/c19-15-7-8-16-17(11-15)21-18(20-16)10-12-5-6-13-3-1-2-4-14(13)9-12/h1-9,11H,10,19H2. The van der Waals surface area contributed by atoms with E-state index in [0.717, 1.165) is 11.1 Å². The van der Waals surface area contributed by atoms with Crippen LogP contribution in [-0.2, 0) is 6.42 Å². The van der Waals surface area contributed by atoms with Crippen molar-refractivity contribution in [2.75, 3.05) is 5.73 Å². The Labute approximate surface area is 122 Å². The third kappa shape index (κ3) is 2.23. The average Bonchev–Trinajstić information content (AvgIpc) is 2.88. The van der Waals surface area contributed by atoms with Crippen molar-refractivity contribution in [3.8, 4) is 0 Å². The van der Waals surface area contributed by atoms with Crippen LogP contribution in [0, 0.1) is 0 Å². The van der Waals surface area contributed by atoms with Crippen LogP contribution in [0.25, 0.3) is 21.9 Å². The zero-order chi connectivity index (χ0) is 14.2. The highest BCUT2D eigenvalue weighted by atomic mass is 16.3. The topological polar surface area (TPSA) is 52.0 Å². The summed E-state index contributed by atoms with van der Waals surface area (Å²) < 4.78 is 5.77. The molecule has 1 aromatic heterocycles. The largest absolute Gasteiger partial charge is 0.440 e. The second kappa shape index (κ2) is 4.63. The molecular formula is C18H14N2O. The fourth-order valence-corrected chi connectivity index (χ4v) is 2.59. The molecule has 0 aliphatic carbocycles. The number of anilines is 1. The van der Waals surface area contributed by atoms with Crippen molar-refractivity contribution in [1.82, 2.24) is 4.98 Å². The Balaban J connectivity index is 1.71. The number of benzene rings is 3. The predicted molar refractivity (Wildman–Crippen MR) is 85.2 cm³/mol. The van der Waals surface area contributed by atoms with Crippen LogP contribution in [0.2, 0.25) is 0 Å². The maximum atomic E-state index is 5.77. The van der Waals surface area contributed by atoms with E-state index in [0.29, 0.717) is 18.0 Å². The van der Waals surface area contributed by atoms with Crippen molar-refractivity contribution in [3.63, 3.8) is 0 Å². The normalized spacial score (nSPS) is 11.2. The van der Waals surface area contributed by atoms with Crippen molar-refractivity contribution >= 4 is 27.6 Å². The van der Waals surface area contributed by atoms with Crippen molar-refractivity contribution in [1.29, 1.82) is 0 Å². The number of hydrogen-bond donors (Lipinski definition) is 1. The van der Waals surface area contributed by atoms with Crippen molar-refractivity contribution in [2.45, 2.75) is 6.42 Å². The highest BCUT2D eigenvalue weighted by Crippen LogP contribution is 2.22. The van der Waals surface area contributed by atoms with Gasteiger partial charge in [0.15, 0.2) is 11.5 Å². The summed E-state index contributed by atoms with van der Waals surface area (Å²) in [6.45, 7) is 0. The Morgan fingerprint density at radius 3 is 2.67 bits per heavy atom. The zero-order valence-electron chi connectivity index (χ0n) is 11.4. The van der Waals surface area contributed by atoms with Gasteiger partial charge in [-0.2, -0.15) is 0 Å². The van der Waals surface area contributed by atoms with Crippen LogP contribution < -0.4 is 5.73 Å². The molecule has 3 heteroatoms. The lowest BCUT2D eigenvalue weighted by molar-refractivity contribution is 0.544. The Kier molecular flexibility index (Phi) is 2.64. The van der Waals surface area contributed by atoms with Gasteiger partial charge in [0.25, 0.3) is 0 Å². The molecule has 0 saturated carbocycles. The van der Waals surface area contributed by atoms with Crippen LogP contribution in [0.4, 0.5) is 5.69 Å². The fraction of sp³-hybridized carbons (Fsp3) is 0.0556. The van der Waals surface area contributed by atoms with Gasteiger partial charge in [-0.15, -0.1) is 0 Å². The molecule has 1 heterocycles. The molecule has 0 radical (unpaired) electrons. The van der Waals surface area contributed by atoms with Gasteiger partial charge in [-0.25, -0.2) is 4.98 Å². The molecule has 102 valence electrons. The molecule has 0 aliphatic rings. The van der Waals surface area contributed by atoms with Gasteiger partial charge in [0.05, 0.1) is 0 Å². The van der Waals surface area contributed by atoms with Crippen molar-refractivity contribution in [2.24, 2.45) is 0 Å². The molecule has 0 aliphatic heterocycles. The number of hydrogen-bond acceptors (Lipinski definition) is 3. The van der Waals surface area contributed by atoms with Crippen molar-refractivity contribution < 1.29 is 4.42 Å². The maximum Gasteiger partial charge on any atom is 0.199 e. The number of nitrogens with zero attached hydrogens (tertiary/aromatic N) is 1. The van der Waals surface area contributed by atoms with Gasteiger partial charge in [-0.3, -0.25) is 0 Å². The molecule has 2 N–H and O–H groups in total. The number of oxazole rings is 1. The van der Waals surface area contributed by atoms with Gasteiger partial charge in [0.2, 0.25) is 0 Å². The number of aromatic nitrogens is 1. The Morgan fingerprint density at radius 1 is 0.905 bits per heavy atom. The molecule has 21 heavy (non-hydrogen) atoms. The molecule has 0 spiro atoms. The number of nitrogens with two attached hydrogens (primary N) is 1.